The van der Waals surface area contributed by atoms with Crippen LogP contribution in [-0.4, -0.2) is 39.8 Å². The average molecular weight is 515 g/mol. The number of hydrogen-bond acceptors (Lipinski definition) is 8. The zero-order valence-electron chi connectivity index (χ0n) is 18.3. The second-order valence-electron chi connectivity index (χ2n) is 7.37. The second kappa shape index (κ2) is 12.5. The Morgan fingerprint density at radius 2 is 0.912 bits per heavy atom. The van der Waals surface area contributed by atoms with Gasteiger partial charge >= 0.3 is 0 Å². The van der Waals surface area contributed by atoms with Gasteiger partial charge in [0.2, 0.25) is 20.0 Å². The Bertz CT molecular complexity index is 1120. The Morgan fingerprint density at radius 3 is 1.26 bits per heavy atom. The normalized spacial score (nSPS) is 11.9. The number of para-hydroxylation sites is 2. The summed E-state index contributed by atoms with van der Waals surface area (Å²) in [5.74, 6) is 0. The molecule has 0 bridgehead atoms. The summed E-state index contributed by atoms with van der Waals surface area (Å²) in [6.07, 6.45) is 4.13. The SMILES string of the molecule is O=[N+]([O-])c1ccccc1S(=O)(=O)NCCCCCCCCNS(=O)(=O)c1ccccc1[N+](=O)[O-]. The molecule has 0 saturated heterocycles. The molecular weight excluding hydrogens is 488 g/mol. The smallest absolute Gasteiger partial charge is 0.258 e. The lowest BCUT2D eigenvalue weighted by molar-refractivity contribution is -0.388. The quantitative estimate of drug-likeness (QED) is 0.207. The number of benzene rings is 2. The van der Waals surface area contributed by atoms with Gasteiger partial charge in [-0.25, -0.2) is 26.3 Å². The number of hydrogen-bond donors (Lipinski definition) is 2. The molecule has 0 aromatic heterocycles. The van der Waals surface area contributed by atoms with Gasteiger partial charge in [-0.2, -0.15) is 0 Å². The first kappa shape index (κ1) is 27.3. The molecule has 0 aliphatic carbocycles. The van der Waals surface area contributed by atoms with Gasteiger partial charge in [0.25, 0.3) is 11.4 Å². The van der Waals surface area contributed by atoms with E-state index in [-0.39, 0.29) is 22.9 Å². The molecule has 2 aromatic carbocycles. The summed E-state index contributed by atoms with van der Waals surface area (Å²) in [5.41, 5.74) is -0.958. The molecule has 0 unspecified atom stereocenters. The number of sulfonamides is 2. The van der Waals surface area contributed by atoms with E-state index in [0.29, 0.717) is 12.8 Å². The molecule has 0 heterocycles. The lowest BCUT2D eigenvalue weighted by atomic mass is 10.1. The molecule has 2 rings (SSSR count). The molecule has 0 radical (unpaired) electrons. The first-order chi connectivity index (χ1) is 16.1. The Kier molecular flexibility index (Phi) is 10.0. The summed E-state index contributed by atoms with van der Waals surface area (Å²) >= 11 is 0. The second-order valence-corrected chi connectivity index (χ2v) is 10.8. The van der Waals surface area contributed by atoms with E-state index in [9.17, 15) is 37.1 Å². The predicted molar refractivity (Wildman–Crippen MR) is 124 cm³/mol. The maximum absolute atomic E-state index is 12.3. The number of unbranched alkanes of at least 4 members (excludes halogenated alkanes) is 5. The average Bonchev–Trinajstić information content (AvgIpc) is 2.80. The van der Waals surface area contributed by atoms with Crippen LogP contribution < -0.4 is 9.44 Å². The van der Waals surface area contributed by atoms with Gasteiger partial charge in [0.1, 0.15) is 0 Å². The Hall–Kier alpha value is -2.94. The van der Waals surface area contributed by atoms with Crippen LogP contribution >= 0.6 is 0 Å². The van der Waals surface area contributed by atoms with Crippen LogP contribution in [0, 0.1) is 20.2 Å². The van der Waals surface area contributed by atoms with Crippen LogP contribution in [0.25, 0.3) is 0 Å². The number of rotatable bonds is 15. The highest BCUT2D eigenvalue weighted by Crippen LogP contribution is 2.23. The zero-order chi connectivity index (χ0) is 25.2. The molecule has 0 saturated carbocycles. The van der Waals surface area contributed by atoms with Gasteiger partial charge in [-0.05, 0) is 25.0 Å². The van der Waals surface area contributed by atoms with Crippen LogP contribution in [0.15, 0.2) is 58.3 Å². The van der Waals surface area contributed by atoms with Crippen molar-refractivity contribution in [3.8, 4) is 0 Å². The number of nitrogens with zero attached hydrogens (tertiary/aromatic N) is 2. The van der Waals surface area contributed by atoms with E-state index >= 15 is 0 Å². The van der Waals surface area contributed by atoms with Crippen molar-refractivity contribution >= 4 is 31.4 Å². The third kappa shape index (κ3) is 7.83. The van der Waals surface area contributed by atoms with Crippen LogP contribution in [0.2, 0.25) is 0 Å². The lowest BCUT2D eigenvalue weighted by Crippen LogP contribution is -2.25. The zero-order valence-corrected chi connectivity index (χ0v) is 19.9. The Labute approximate surface area is 197 Å². The van der Waals surface area contributed by atoms with Crippen molar-refractivity contribution in [2.75, 3.05) is 13.1 Å². The molecule has 2 aromatic rings. The van der Waals surface area contributed by atoms with Crippen molar-refractivity contribution in [3.63, 3.8) is 0 Å². The number of nitro benzene ring substituents is 2. The molecular formula is C20H26N4O8S2. The summed E-state index contributed by atoms with van der Waals surface area (Å²) in [6.45, 7) is 0.286. The number of nitrogens with one attached hydrogen (secondary N) is 2. The fraction of sp³-hybridized carbons (Fsp3) is 0.400. The van der Waals surface area contributed by atoms with E-state index in [0.717, 1.165) is 37.8 Å². The van der Waals surface area contributed by atoms with E-state index in [2.05, 4.69) is 9.44 Å². The monoisotopic (exact) mass is 514 g/mol. The minimum Gasteiger partial charge on any atom is -0.258 e. The van der Waals surface area contributed by atoms with E-state index in [4.69, 9.17) is 0 Å². The van der Waals surface area contributed by atoms with Gasteiger partial charge in [0, 0.05) is 25.2 Å². The molecule has 14 heteroatoms. The van der Waals surface area contributed by atoms with Crippen molar-refractivity contribution in [2.45, 2.75) is 48.3 Å². The van der Waals surface area contributed by atoms with Crippen LogP contribution in [0.1, 0.15) is 38.5 Å². The highest BCUT2D eigenvalue weighted by Gasteiger charge is 2.25. The fourth-order valence-corrected chi connectivity index (χ4v) is 5.68. The maximum atomic E-state index is 12.3. The molecule has 0 aliphatic heterocycles. The summed E-state index contributed by atoms with van der Waals surface area (Å²) in [6, 6.07) is 10.3. The standard InChI is InChI=1S/C20H26N4O8S2/c25-23(26)17-11-5-7-13-19(17)33(29,30)21-15-9-3-1-2-4-10-16-22-34(31,32)20-14-8-6-12-18(20)24(27)28/h5-8,11-14,21-22H,1-4,9-10,15-16H2. The molecule has 0 atom stereocenters. The van der Waals surface area contributed by atoms with Crippen molar-refractivity contribution in [1.29, 1.82) is 0 Å². The largest absolute Gasteiger partial charge is 0.289 e. The van der Waals surface area contributed by atoms with Crippen LogP contribution in [0.5, 0.6) is 0 Å². The van der Waals surface area contributed by atoms with Crippen molar-refractivity contribution < 1.29 is 26.7 Å². The van der Waals surface area contributed by atoms with E-state index < -0.39 is 41.3 Å². The highest BCUT2D eigenvalue weighted by molar-refractivity contribution is 7.90. The van der Waals surface area contributed by atoms with Gasteiger partial charge in [-0.1, -0.05) is 49.9 Å². The maximum Gasteiger partial charge on any atom is 0.289 e. The predicted octanol–water partition coefficient (Wildman–Crippen LogP) is 3.10. The molecule has 0 spiro atoms. The summed E-state index contributed by atoms with van der Waals surface area (Å²) in [4.78, 5) is 19.8. The third-order valence-corrected chi connectivity index (χ3v) is 7.91. The van der Waals surface area contributed by atoms with Gasteiger partial charge in [-0.3, -0.25) is 20.2 Å². The lowest BCUT2D eigenvalue weighted by Gasteiger charge is -2.08. The van der Waals surface area contributed by atoms with Crippen LogP contribution in [0.4, 0.5) is 11.4 Å². The molecule has 34 heavy (non-hydrogen) atoms. The van der Waals surface area contributed by atoms with Crippen molar-refractivity contribution in [1.82, 2.24) is 9.44 Å². The first-order valence-corrected chi connectivity index (χ1v) is 13.5. The molecule has 2 N–H and O–H groups in total. The molecule has 12 nitrogen and oxygen atoms in total. The van der Waals surface area contributed by atoms with Gasteiger partial charge in [-0.15, -0.1) is 0 Å². The summed E-state index contributed by atoms with van der Waals surface area (Å²) in [5, 5.41) is 22.0. The molecule has 0 aliphatic rings. The highest BCUT2D eigenvalue weighted by atomic mass is 32.2. The third-order valence-electron chi connectivity index (χ3n) is 4.89. The Morgan fingerprint density at radius 1 is 0.588 bits per heavy atom. The van der Waals surface area contributed by atoms with Crippen molar-refractivity contribution in [3.05, 3.63) is 68.8 Å². The van der Waals surface area contributed by atoms with E-state index in [1.54, 1.807) is 0 Å². The topological polar surface area (TPSA) is 179 Å². The fourth-order valence-electron chi connectivity index (χ4n) is 3.20. The van der Waals surface area contributed by atoms with Crippen LogP contribution in [0.3, 0.4) is 0 Å². The minimum absolute atomic E-state index is 0.143. The van der Waals surface area contributed by atoms with Gasteiger partial charge in [0.05, 0.1) is 9.85 Å². The molecule has 186 valence electrons. The summed E-state index contributed by atoms with van der Waals surface area (Å²) < 4.78 is 53.9. The summed E-state index contributed by atoms with van der Waals surface area (Å²) in [7, 11) is -7.97. The van der Waals surface area contributed by atoms with Crippen molar-refractivity contribution in [2.24, 2.45) is 0 Å². The minimum atomic E-state index is -3.99. The van der Waals surface area contributed by atoms with E-state index in [1.807, 2.05) is 0 Å². The van der Waals surface area contributed by atoms with E-state index in [1.165, 1.54) is 36.4 Å². The molecule has 0 fully saturated rings. The van der Waals surface area contributed by atoms with Gasteiger partial charge in [0.15, 0.2) is 9.79 Å². The van der Waals surface area contributed by atoms with Crippen LogP contribution in [-0.2, 0) is 20.0 Å². The number of nitro groups is 2. The first-order valence-electron chi connectivity index (χ1n) is 10.5. The molecule has 0 amide bonds. The van der Waals surface area contributed by atoms with Gasteiger partial charge < -0.3 is 0 Å². The Balaban J connectivity index is 1.65.